The van der Waals surface area contributed by atoms with Crippen molar-refractivity contribution in [3.05, 3.63) is 46.6 Å². The van der Waals surface area contributed by atoms with Crippen molar-refractivity contribution in [3.8, 4) is 34.3 Å². The first kappa shape index (κ1) is 30.0. The maximum atomic E-state index is 12.8. The van der Waals surface area contributed by atoms with Crippen LogP contribution in [0.1, 0.15) is 6.92 Å². The number of benzene rings is 2. The van der Waals surface area contributed by atoms with E-state index < -0.39 is 84.9 Å². The number of hydrogen-bond donors (Lipinski definition) is 9. The fourth-order valence-corrected chi connectivity index (χ4v) is 4.90. The van der Waals surface area contributed by atoms with E-state index in [1.807, 2.05) is 0 Å². The molecule has 2 saturated heterocycles. The van der Waals surface area contributed by atoms with Gasteiger partial charge in [-0.3, -0.25) is 4.79 Å². The highest BCUT2D eigenvalue weighted by Gasteiger charge is 2.50. The topological polar surface area (TPSA) is 249 Å². The Bertz CT molecular complexity index is 1470. The van der Waals surface area contributed by atoms with Gasteiger partial charge in [0.2, 0.25) is 17.5 Å². The first-order chi connectivity index (χ1) is 19.9. The van der Waals surface area contributed by atoms with E-state index in [9.17, 15) is 50.8 Å². The molecule has 2 aliphatic rings. The Morgan fingerprint density at radius 3 is 2.17 bits per heavy atom. The normalized spacial score (nSPS) is 33.5. The molecule has 10 atom stereocenters. The number of rotatable bonds is 6. The molecular weight excluding hydrogens is 564 g/mol. The average molecular weight is 595 g/mol. The van der Waals surface area contributed by atoms with Gasteiger partial charge in [0.05, 0.1) is 12.7 Å². The second-order valence-electron chi connectivity index (χ2n) is 10.1. The van der Waals surface area contributed by atoms with E-state index in [1.54, 1.807) is 0 Å². The van der Waals surface area contributed by atoms with Gasteiger partial charge in [0.25, 0.3) is 0 Å². The van der Waals surface area contributed by atoms with Crippen molar-refractivity contribution < 1.29 is 69.3 Å². The molecule has 228 valence electrons. The maximum Gasteiger partial charge on any atom is 0.238 e. The summed E-state index contributed by atoms with van der Waals surface area (Å²) in [6, 6.07) is 7.65. The summed E-state index contributed by atoms with van der Waals surface area (Å²) in [6.07, 6.45) is -15.3. The van der Waals surface area contributed by atoms with Crippen LogP contribution in [0, 0.1) is 0 Å². The van der Waals surface area contributed by atoms with E-state index in [4.69, 9.17) is 23.4 Å². The molecule has 42 heavy (non-hydrogen) atoms. The minimum atomic E-state index is -1.77. The van der Waals surface area contributed by atoms with Crippen LogP contribution in [0.5, 0.6) is 23.0 Å². The van der Waals surface area contributed by atoms with Gasteiger partial charge in [-0.15, -0.1) is 0 Å². The molecule has 5 rings (SSSR count). The van der Waals surface area contributed by atoms with Gasteiger partial charge in [-0.25, -0.2) is 0 Å². The summed E-state index contributed by atoms with van der Waals surface area (Å²) in [5.74, 6) is -1.84. The lowest BCUT2D eigenvalue weighted by molar-refractivity contribution is -0.348. The average Bonchev–Trinajstić information content (AvgIpc) is 2.96. The minimum absolute atomic E-state index is 0.0574. The molecular formula is C27H30O15. The summed E-state index contributed by atoms with van der Waals surface area (Å²) in [6.45, 7) is 0.751. The van der Waals surface area contributed by atoms with Crippen LogP contribution in [0.2, 0.25) is 0 Å². The first-order valence-electron chi connectivity index (χ1n) is 12.9. The predicted octanol–water partition coefficient (Wildman–Crippen LogP) is -1.39. The number of aliphatic hydroxyl groups is 6. The number of aromatic hydroxyl groups is 3. The Morgan fingerprint density at radius 2 is 1.50 bits per heavy atom. The standard InChI is InChI=1S/C27H30O15/c1-9-24(42-27-22(36)19(33)17(31)15(8-28)41-27)21(35)23(37)26(38-9)39-12-6-13(30)16-14(7-12)40-25(20(34)18(16)32)10-2-4-11(29)5-3-10/h2-7,9,15,17,19,21-24,26-31,33-37H,8H2,1H3/t9?,15?,17-,19-,21+,22?,23?,24-,26-,27-/m0/s1. The van der Waals surface area contributed by atoms with E-state index in [2.05, 4.69) is 0 Å². The number of aliphatic hydroxyl groups excluding tert-OH is 6. The summed E-state index contributed by atoms with van der Waals surface area (Å²) < 4.78 is 27.9. The zero-order valence-electron chi connectivity index (χ0n) is 21.9. The second-order valence-corrected chi connectivity index (χ2v) is 10.1. The Labute approximate surface area is 236 Å². The molecule has 3 aromatic rings. The Kier molecular flexibility index (Phi) is 8.30. The van der Waals surface area contributed by atoms with Crippen molar-refractivity contribution in [1.82, 2.24) is 0 Å². The molecule has 15 heteroatoms. The predicted molar refractivity (Wildman–Crippen MR) is 139 cm³/mol. The van der Waals surface area contributed by atoms with E-state index in [-0.39, 0.29) is 33.8 Å². The fourth-order valence-electron chi connectivity index (χ4n) is 4.90. The zero-order chi connectivity index (χ0) is 30.5. The molecule has 2 aliphatic heterocycles. The lowest BCUT2D eigenvalue weighted by Crippen LogP contribution is -2.64. The highest BCUT2D eigenvalue weighted by Crippen LogP contribution is 2.37. The molecule has 0 spiro atoms. The number of phenols is 2. The van der Waals surface area contributed by atoms with Crippen molar-refractivity contribution in [3.63, 3.8) is 0 Å². The number of ether oxygens (including phenoxy) is 4. The SMILES string of the molecule is CC1O[C@@H](Oc2cc(O)c3c(=O)c(O)c(-c4ccc(O)cc4)oc3c2)C(O)[C@@H](O)[C@H]1O[C@@H]1OC(CO)[C@H](O)[C@H](O)C1O. The van der Waals surface area contributed by atoms with Crippen LogP contribution < -0.4 is 10.2 Å². The maximum absolute atomic E-state index is 12.8. The van der Waals surface area contributed by atoms with E-state index in [0.29, 0.717) is 0 Å². The van der Waals surface area contributed by atoms with E-state index in [0.717, 1.165) is 6.07 Å². The van der Waals surface area contributed by atoms with Gasteiger partial charge in [-0.1, -0.05) is 0 Å². The summed E-state index contributed by atoms with van der Waals surface area (Å²) in [4.78, 5) is 12.8. The molecule has 2 aromatic carbocycles. The number of hydrogen-bond acceptors (Lipinski definition) is 15. The van der Waals surface area contributed by atoms with Crippen LogP contribution in [-0.2, 0) is 14.2 Å². The second kappa shape index (κ2) is 11.6. The van der Waals surface area contributed by atoms with Gasteiger partial charge in [0.1, 0.15) is 70.9 Å². The van der Waals surface area contributed by atoms with Gasteiger partial charge in [-0.2, -0.15) is 0 Å². The molecule has 0 aliphatic carbocycles. The summed E-state index contributed by atoms with van der Waals surface area (Å²) >= 11 is 0. The molecule has 0 radical (unpaired) electrons. The molecule has 2 fully saturated rings. The monoisotopic (exact) mass is 594 g/mol. The summed E-state index contributed by atoms with van der Waals surface area (Å²) in [5.41, 5.74) is -0.878. The lowest BCUT2D eigenvalue weighted by Gasteiger charge is -2.45. The highest BCUT2D eigenvalue weighted by atomic mass is 16.7. The van der Waals surface area contributed by atoms with Crippen LogP contribution in [0.25, 0.3) is 22.3 Å². The minimum Gasteiger partial charge on any atom is -0.508 e. The van der Waals surface area contributed by atoms with Crippen molar-refractivity contribution >= 4 is 11.0 Å². The quantitative estimate of drug-likeness (QED) is 0.159. The Balaban J connectivity index is 1.37. The third-order valence-electron chi connectivity index (χ3n) is 7.22. The smallest absolute Gasteiger partial charge is 0.238 e. The van der Waals surface area contributed by atoms with Gasteiger partial charge < -0.3 is 69.3 Å². The van der Waals surface area contributed by atoms with Gasteiger partial charge in [0, 0.05) is 17.7 Å². The van der Waals surface area contributed by atoms with Crippen LogP contribution in [0.15, 0.2) is 45.6 Å². The fraction of sp³-hybridized carbons (Fsp3) is 0.444. The number of fused-ring (bicyclic) bond motifs is 1. The molecule has 0 bridgehead atoms. The van der Waals surface area contributed by atoms with Crippen molar-refractivity contribution in [1.29, 1.82) is 0 Å². The number of phenolic OH excluding ortho intramolecular Hbond substituents is 2. The van der Waals surface area contributed by atoms with Gasteiger partial charge in [-0.05, 0) is 31.2 Å². The molecule has 3 heterocycles. The third kappa shape index (κ3) is 5.37. The van der Waals surface area contributed by atoms with Crippen molar-refractivity contribution in [2.75, 3.05) is 6.61 Å². The van der Waals surface area contributed by atoms with Crippen molar-refractivity contribution in [2.45, 2.75) is 68.3 Å². The van der Waals surface area contributed by atoms with Crippen LogP contribution >= 0.6 is 0 Å². The summed E-state index contributed by atoms with van der Waals surface area (Å²) in [7, 11) is 0. The van der Waals surface area contributed by atoms with Gasteiger partial charge in [0.15, 0.2) is 12.1 Å². The molecule has 0 saturated carbocycles. The lowest BCUT2D eigenvalue weighted by atomic mass is 9.97. The third-order valence-corrected chi connectivity index (χ3v) is 7.22. The first-order valence-corrected chi connectivity index (χ1v) is 12.9. The molecule has 0 amide bonds. The molecule has 15 nitrogen and oxygen atoms in total. The van der Waals surface area contributed by atoms with Crippen LogP contribution in [0.4, 0.5) is 0 Å². The van der Waals surface area contributed by atoms with Gasteiger partial charge >= 0.3 is 0 Å². The van der Waals surface area contributed by atoms with E-state index in [1.165, 1.54) is 37.3 Å². The largest absolute Gasteiger partial charge is 0.508 e. The van der Waals surface area contributed by atoms with E-state index >= 15 is 0 Å². The Morgan fingerprint density at radius 1 is 0.833 bits per heavy atom. The zero-order valence-corrected chi connectivity index (χ0v) is 21.9. The van der Waals surface area contributed by atoms with Crippen LogP contribution in [-0.4, -0.2) is 114 Å². The van der Waals surface area contributed by atoms with Crippen molar-refractivity contribution in [2.24, 2.45) is 0 Å². The molecule has 9 N–H and O–H groups in total. The summed E-state index contributed by atoms with van der Waals surface area (Å²) in [5, 5.41) is 91.3. The Hall–Kier alpha value is -3.51. The highest BCUT2D eigenvalue weighted by molar-refractivity contribution is 5.88. The molecule has 4 unspecified atom stereocenters. The van der Waals surface area contributed by atoms with Crippen LogP contribution in [0.3, 0.4) is 0 Å². The molecule has 1 aromatic heterocycles.